The van der Waals surface area contributed by atoms with Crippen molar-refractivity contribution in [2.45, 2.75) is 6.17 Å². The molecular weight excluding hydrogens is 368 g/mol. The Morgan fingerprint density at radius 1 is 0.828 bits per heavy atom. The highest BCUT2D eigenvalue weighted by atomic mass is 16.5. The standard InChI is InChI=1S/C23H22N2O4/c1-27-17-11-9-16(10-12-17)25-22(15-8-13-20(28-2)21(14-15)29-3)24-19-7-5-4-6-18(19)23(25)26/h4-14,22,24H,1-3H3/t22-/m0/s1. The van der Waals surface area contributed by atoms with E-state index in [4.69, 9.17) is 14.2 Å². The Kier molecular flexibility index (Phi) is 4.99. The molecule has 6 heteroatoms. The highest BCUT2D eigenvalue weighted by Gasteiger charge is 2.34. The van der Waals surface area contributed by atoms with E-state index < -0.39 is 6.17 Å². The number of anilines is 2. The molecule has 0 saturated heterocycles. The van der Waals surface area contributed by atoms with Gasteiger partial charge in [0.05, 0.1) is 26.9 Å². The second kappa shape index (κ2) is 7.75. The maximum absolute atomic E-state index is 13.4. The van der Waals surface area contributed by atoms with Gasteiger partial charge in [-0.3, -0.25) is 9.69 Å². The Labute approximate surface area is 169 Å². The number of amides is 1. The fraction of sp³-hybridized carbons (Fsp3) is 0.174. The van der Waals surface area contributed by atoms with Crippen LogP contribution < -0.4 is 24.4 Å². The zero-order valence-electron chi connectivity index (χ0n) is 16.5. The lowest BCUT2D eigenvalue weighted by Crippen LogP contribution is -2.43. The first-order chi connectivity index (χ1) is 14.2. The predicted molar refractivity (Wildman–Crippen MR) is 112 cm³/mol. The molecule has 0 aromatic heterocycles. The van der Waals surface area contributed by atoms with Crippen LogP contribution >= 0.6 is 0 Å². The van der Waals surface area contributed by atoms with Crippen LogP contribution in [0.2, 0.25) is 0 Å². The van der Waals surface area contributed by atoms with Crippen molar-refractivity contribution >= 4 is 17.3 Å². The summed E-state index contributed by atoms with van der Waals surface area (Å²) >= 11 is 0. The summed E-state index contributed by atoms with van der Waals surface area (Å²) in [6.07, 6.45) is -0.411. The minimum absolute atomic E-state index is 0.0794. The van der Waals surface area contributed by atoms with Crippen LogP contribution in [0, 0.1) is 0 Å². The molecule has 3 aromatic carbocycles. The Bertz CT molecular complexity index is 1030. The van der Waals surface area contributed by atoms with Gasteiger partial charge in [-0.05, 0) is 54.1 Å². The number of hydrogen-bond acceptors (Lipinski definition) is 5. The van der Waals surface area contributed by atoms with Gasteiger partial charge in [-0.15, -0.1) is 0 Å². The average molecular weight is 390 g/mol. The molecule has 0 spiro atoms. The fourth-order valence-electron chi connectivity index (χ4n) is 3.52. The Morgan fingerprint density at radius 2 is 1.55 bits per heavy atom. The lowest BCUT2D eigenvalue weighted by atomic mass is 10.0. The van der Waals surface area contributed by atoms with Gasteiger partial charge < -0.3 is 19.5 Å². The van der Waals surface area contributed by atoms with Gasteiger partial charge in [0, 0.05) is 11.4 Å². The maximum atomic E-state index is 13.4. The van der Waals surface area contributed by atoms with Crippen LogP contribution in [0.1, 0.15) is 22.1 Å². The molecule has 0 bridgehead atoms. The van der Waals surface area contributed by atoms with Crippen LogP contribution in [0.15, 0.2) is 66.7 Å². The van der Waals surface area contributed by atoms with E-state index in [1.54, 1.807) is 26.2 Å². The number of carbonyl (C=O) groups is 1. The summed E-state index contributed by atoms with van der Waals surface area (Å²) in [7, 11) is 4.81. The van der Waals surface area contributed by atoms with Crippen LogP contribution in [0.25, 0.3) is 0 Å². The normalized spacial score (nSPS) is 15.3. The average Bonchev–Trinajstić information content (AvgIpc) is 2.78. The van der Waals surface area contributed by atoms with Gasteiger partial charge in [-0.1, -0.05) is 18.2 Å². The van der Waals surface area contributed by atoms with Gasteiger partial charge in [0.25, 0.3) is 5.91 Å². The van der Waals surface area contributed by atoms with Crippen molar-refractivity contribution in [3.8, 4) is 17.2 Å². The molecule has 29 heavy (non-hydrogen) atoms. The number of para-hydroxylation sites is 1. The van der Waals surface area contributed by atoms with E-state index in [9.17, 15) is 4.79 Å². The summed E-state index contributed by atoms with van der Waals surface area (Å²) in [5.74, 6) is 1.89. The van der Waals surface area contributed by atoms with Crippen molar-refractivity contribution in [3.63, 3.8) is 0 Å². The molecule has 1 aliphatic heterocycles. The first-order valence-corrected chi connectivity index (χ1v) is 9.21. The van der Waals surface area contributed by atoms with Crippen molar-refractivity contribution in [2.24, 2.45) is 0 Å². The number of ether oxygens (including phenoxy) is 3. The van der Waals surface area contributed by atoms with Gasteiger partial charge in [0.2, 0.25) is 0 Å². The van der Waals surface area contributed by atoms with E-state index in [-0.39, 0.29) is 5.91 Å². The van der Waals surface area contributed by atoms with E-state index >= 15 is 0 Å². The topological polar surface area (TPSA) is 60.0 Å². The molecule has 148 valence electrons. The molecule has 0 unspecified atom stereocenters. The fourth-order valence-corrected chi connectivity index (χ4v) is 3.52. The molecule has 1 amide bonds. The summed E-state index contributed by atoms with van der Waals surface area (Å²) in [6.45, 7) is 0. The minimum Gasteiger partial charge on any atom is -0.497 e. The third-order valence-corrected chi connectivity index (χ3v) is 5.00. The molecule has 0 radical (unpaired) electrons. The molecule has 1 atom stereocenters. The van der Waals surface area contributed by atoms with Crippen molar-refractivity contribution in [2.75, 3.05) is 31.5 Å². The molecule has 0 saturated carbocycles. The van der Waals surface area contributed by atoms with Crippen LogP contribution in [0.4, 0.5) is 11.4 Å². The lowest BCUT2D eigenvalue weighted by molar-refractivity contribution is 0.0975. The van der Waals surface area contributed by atoms with Crippen molar-refractivity contribution in [1.29, 1.82) is 0 Å². The van der Waals surface area contributed by atoms with E-state index in [0.717, 1.165) is 22.7 Å². The highest BCUT2D eigenvalue weighted by Crippen LogP contribution is 2.39. The molecule has 0 aliphatic carbocycles. The van der Waals surface area contributed by atoms with E-state index in [2.05, 4.69) is 5.32 Å². The molecule has 1 heterocycles. The molecule has 0 fully saturated rings. The zero-order chi connectivity index (χ0) is 20.4. The molecule has 1 N–H and O–H groups in total. The number of nitrogens with zero attached hydrogens (tertiary/aromatic N) is 1. The summed E-state index contributed by atoms with van der Waals surface area (Å²) in [5, 5.41) is 3.49. The van der Waals surface area contributed by atoms with E-state index in [1.807, 2.05) is 66.7 Å². The Balaban J connectivity index is 1.83. The second-order valence-electron chi connectivity index (χ2n) is 6.58. The minimum atomic E-state index is -0.411. The first-order valence-electron chi connectivity index (χ1n) is 9.21. The third kappa shape index (κ3) is 3.33. The van der Waals surface area contributed by atoms with Crippen molar-refractivity contribution in [1.82, 2.24) is 0 Å². The summed E-state index contributed by atoms with van der Waals surface area (Å²) < 4.78 is 16.1. The summed E-state index contributed by atoms with van der Waals surface area (Å²) in [4.78, 5) is 15.2. The number of nitrogens with one attached hydrogen (secondary N) is 1. The second-order valence-corrected chi connectivity index (χ2v) is 6.58. The Hall–Kier alpha value is -3.67. The lowest BCUT2D eigenvalue weighted by Gasteiger charge is -2.38. The monoisotopic (exact) mass is 390 g/mol. The summed E-state index contributed by atoms with van der Waals surface area (Å²) in [5.41, 5.74) is 3.06. The van der Waals surface area contributed by atoms with Gasteiger partial charge in [-0.25, -0.2) is 0 Å². The maximum Gasteiger partial charge on any atom is 0.262 e. The highest BCUT2D eigenvalue weighted by molar-refractivity contribution is 6.12. The van der Waals surface area contributed by atoms with Crippen molar-refractivity contribution in [3.05, 3.63) is 77.9 Å². The van der Waals surface area contributed by atoms with Gasteiger partial charge in [0.1, 0.15) is 11.9 Å². The SMILES string of the molecule is COc1ccc(N2C(=O)c3ccccc3N[C@@H]2c2ccc(OC)c(OC)c2)cc1. The number of rotatable bonds is 5. The molecular formula is C23H22N2O4. The molecule has 3 aromatic rings. The molecule has 1 aliphatic rings. The Morgan fingerprint density at radius 3 is 2.24 bits per heavy atom. The molecule has 4 rings (SSSR count). The number of benzene rings is 3. The van der Waals surface area contributed by atoms with Crippen LogP contribution in [-0.2, 0) is 0 Å². The molecule has 6 nitrogen and oxygen atoms in total. The van der Waals surface area contributed by atoms with Crippen LogP contribution in [-0.4, -0.2) is 27.2 Å². The van der Waals surface area contributed by atoms with Crippen LogP contribution in [0.5, 0.6) is 17.2 Å². The van der Waals surface area contributed by atoms with E-state index in [1.165, 1.54) is 0 Å². The van der Waals surface area contributed by atoms with Crippen molar-refractivity contribution < 1.29 is 19.0 Å². The summed E-state index contributed by atoms with van der Waals surface area (Å²) in [6, 6.07) is 20.6. The van der Waals surface area contributed by atoms with Crippen LogP contribution in [0.3, 0.4) is 0 Å². The van der Waals surface area contributed by atoms with E-state index in [0.29, 0.717) is 17.1 Å². The smallest absolute Gasteiger partial charge is 0.262 e. The number of hydrogen-bond donors (Lipinski definition) is 1. The van der Waals surface area contributed by atoms with Gasteiger partial charge >= 0.3 is 0 Å². The quantitative estimate of drug-likeness (QED) is 0.696. The first kappa shape index (κ1) is 18.7. The number of carbonyl (C=O) groups excluding carboxylic acids is 1. The predicted octanol–water partition coefficient (Wildman–Crippen LogP) is 4.48. The number of methoxy groups -OCH3 is 3. The van der Waals surface area contributed by atoms with Gasteiger partial charge in [0.15, 0.2) is 11.5 Å². The van der Waals surface area contributed by atoms with Gasteiger partial charge in [-0.2, -0.15) is 0 Å². The largest absolute Gasteiger partial charge is 0.497 e. The zero-order valence-corrected chi connectivity index (χ0v) is 16.5. The number of fused-ring (bicyclic) bond motifs is 1. The third-order valence-electron chi connectivity index (χ3n) is 5.00.